The number of hydrogen-bond acceptors (Lipinski definition) is 3. The SMILES string of the molecule is O=C1NCC(c2ccc(Cl)cn2)O1. The van der Waals surface area contributed by atoms with E-state index in [1.165, 1.54) is 6.20 Å². The number of pyridine rings is 1. The van der Waals surface area contributed by atoms with Gasteiger partial charge in [0.25, 0.3) is 0 Å². The van der Waals surface area contributed by atoms with Crippen molar-refractivity contribution in [3.8, 4) is 0 Å². The molecule has 1 saturated heterocycles. The molecule has 1 aliphatic rings. The molecule has 2 heterocycles. The van der Waals surface area contributed by atoms with Crippen molar-refractivity contribution in [3.63, 3.8) is 0 Å². The molecule has 68 valence electrons. The number of hydrogen-bond donors (Lipinski definition) is 1. The number of carbonyl (C=O) groups is 1. The van der Waals surface area contributed by atoms with Crippen LogP contribution in [0.25, 0.3) is 0 Å². The maximum atomic E-state index is 10.7. The highest BCUT2D eigenvalue weighted by Gasteiger charge is 2.24. The predicted octanol–water partition coefficient (Wildman–Crippen LogP) is 1.52. The number of amides is 1. The van der Waals surface area contributed by atoms with Gasteiger partial charge in [-0.1, -0.05) is 11.6 Å². The summed E-state index contributed by atoms with van der Waals surface area (Å²) >= 11 is 5.66. The number of nitrogens with zero attached hydrogens (tertiary/aromatic N) is 1. The van der Waals surface area contributed by atoms with E-state index in [2.05, 4.69) is 10.3 Å². The second-order valence-corrected chi connectivity index (χ2v) is 3.11. The lowest BCUT2D eigenvalue weighted by Gasteiger charge is -2.05. The number of halogens is 1. The standard InChI is InChI=1S/C8H7ClN2O2/c9-5-1-2-6(10-3-5)7-4-11-8(12)13-7/h1-3,7H,4H2,(H,11,12). The Hall–Kier alpha value is -1.29. The lowest BCUT2D eigenvalue weighted by molar-refractivity contribution is 0.139. The minimum Gasteiger partial charge on any atom is -0.438 e. The number of alkyl carbamates (subject to hydrolysis) is 1. The van der Waals surface area contributed by atoms with Gasteiger partial charge < -0.3 is 10.1 Å². The first-order valence-corrected chi connectivity index (χ1v) is 4.19. The van der Waals surface area contributed by atoms with E-state index in [-0.39, 0.29) is 6.10 Å². The molecule has 0 aliphatic carbocycles. The Morgan fingerprint density at radius 2 is 2.46 bits per heavy atom. The van der Waals surface area contributed by atoms with Crippen molar-refractivity contribution in [2.45, 2.75) is 6.10 Å². The summed E-state index contributed by atoms with van der Waals surface area (Å²) in [4.78, 5) is 14.8. The van der Waals surface area contributed by atoms with Crippen molar-refractivity contribution in [3.05, 3.63) is 29.0 Å². The summed E-state index contributed by atoms with van der Waals surface area (Å²) in [6.07, 6.45) is 0.842. The first-order valence-electron chi connectivity index (χ1n) is 3.81. The van der Waals surface area contributed by atoms with Gasteiger partial charge in [-0.05, 0) is 12.1 Å². The van der Waals surface area contributed by atoms with Crippen LogP contribution in [-0.2, 0) is 4.74 Å². The van der Waals surface area contributed by atoms with E-state index in [1.54, 1.807) is 12.1 Å². The van der Waals surface area contributed by atoms with E-state index in [1.807, 2.05) is 0 Å². The third-order valence-electron chi connectivity index (χ3n) is 1.76. The molecular formula is C8H7ClN2O2. The van der Waals surface area contributed by atoms with Gasteiger partial charge in [-0.15, -0.1) is 0 Å². The Kier molecular flexibility index (Phi) is 2.06. The van der Waals surface area contributed by atoms with Gasteiger partial charge in [-0.3, -0.25) is 4.98 Å². The van der Waals surface area contributed by atoms with Gasteiger partial charge in [0.05, 0.1) is 17.3 Å². The average molecular weight is 199 g/mol. The molecule has 0 aromatic carbocycles. The van der Waals surface area contributed by atoms with Crippen LogP contribution in [0.15, 0.2) is 18.3 Å². The monoisotopic (exact) mass is 198 g/mol. The maximum absolute atomic E-state index is 10.7. The van der Waals surface area contributed by atoms with Crippen molar-refractivity contribution in [1.82, 2.24) is 10.3 Å². The van der Waals surface area contributed by atoms with Crippen LogP contribution in [-0.4, -0.2) is 17.6 Å². The lowest BCUT2D eigenvalue weighted by Crippen LogP contribution is -2.12. The van der Waals surface area contributed by atoms with Crippen LogP contribution in [0.2, 0.25) is 5.02 Å². The van der Waals surface area contributed by atoms with E-state index >= 15 is 0 Å². The molecule has 1 fully saturated rings. The van der Waals surface area contributed by atoms with Crippen LogP contribution in [0, 0.1) is 0 Å². The fourth-order valence-corrected chi connectivity index (χ4v) is 1.24. The fraction of sp³-hybridized carbons (Fsp3) is 0.250. The highest BCUT2D eigenvalue weighted by Crippen LogP contribution is 2.19. The molecular weight excluding hydrogens is 192 g/mol. The topological polar surface area (TPSA) is 51.2 Å². The normalized spacial score (nSPS) is 21.0. The Labute approximate surface area is 79.9 Å². The number of nitrogens with one attached hydrogen (secondary N) is 1. The largest absolute Gasteiger partial charge is 0.438 e. The smallest absolute Gasteiger partial charge is 0.408 e. The van der Waals surface area contributed by atoms with E-state index < -0.39 is 6.09 Å². The van der Waals surface area contributed by atoms with Crippen LogP contribution >= 0.6 is 11.6 Å². The van der Waals surface area contributed by atoms with E-state index in [4.69, 9.17) is 16.3 Å². The predicted molar refractivity (Wildman–Crippen MR) is 46.5 cm³/mol. The van der Waals surface area contributed by atoms with E-state index in [9.17, 15) is 4.79 Å². The molecule has 1 aliphatic heterocycles. The van der Waals surface area contributed by atoms with Crippen LogP contribution in [0.3, 0.4) is 0 Å². The van der Waals surface area contributed by atoms with Crippen LogP contribution in [0.5, 0.6) is 0 Å². The van der Waals surface area contributed by atoms with Gasteiger partial charge in [0.2, 0.25) is 0 Å². The molecule has 1 N–H and O–H groups in total. The second-order valence-electron chi connectivity index (χ2n) is 2.68. The summed E-state index contributed by atoms with van der Waals surface area (Å²) < 4.78 is 4.93. The highest BCUT2D eigenvalue weighted by molar-refractivity contribution is 6.30. The Bertz CT molecular complexity index is 325. The summed E-state index contributed by atoms with van der Waals surface area (Å²) in [6, 6.07) is 3.46. The molecule has 5 heteroatoms. The first-order chi connectivity index (χ1) is 6.25. The Balaban J connectivity index is 2.17. The lowest BCUT2D eigenvalue weighted by atomic mass is 10.2. The molecule has 1 amide bonds. The average Bonchev–Trinajstić information content (AvgIpc) is 2.53. The molecule has 1 aromatic heterocycles. The maximum Gasteiger partial charge on any atom is 0.408 e. The molecule has 0 bridgehead atoms. The van der Waals surface area contributed by atoms with Gasteiger partial charge >= 0.3 is 6.09 Å². The third-order valence-corrected chi connectivity index (χ3v) is 1.98. The number of ether oxygens (including phenoxy) is 1. The molecule has 13 heavy (non-hydrogen) atoms. The molecule has 0 saturated carbocycles. The van der Waals surface area contributed by atoms with Crippen molar-refractivity contribution in [2.24, 2.45) is 0 Å². The first kappa shape index (κ1) is 8.31. The third kappa shape index (κ3) is 1.72. The van der Waals surface area contributed by atoms with E-state index in [0.29, 0.717) is 17.3 Å². The van der Waals surface area contributed by atoms with Gasteiger partial charge in [-0.25, -0.2) is 4.79 Å². The summed E-state index contributed by atoms with van der Waals surface area (Å²) in [5.41, 5.74) is 0.711. The molecule has 1 unspecified atom stereocenters. The summed E-state index contributed by atoms with van der Waals surface area (Å²) in [6.45, 7) is 0.466. The Morgan fingerprint density at radius 1 is 1.62 bits per heavy atom. The second kappa shape index (κ2) is 3.22. The van der Waals surface area contributed by atoms with Gasteiger partial charge in [0.1, 0.15) is 0 Å². The van der Waals surface area contributed by atoms with Crippen molar-refractivity contribution < 1.29 is 9.53 Å². The van der Waals surface area contributed by atoms with Crippen LogP contribution in [0.4, 0.5) is 4.79 Å². The summed E-state index contributed by atoms with van der Waals surface area (Å²) in [7, 11) is 0. The van der Waals surface area contributed by atoms with E-state index in [0.717, 1.165) is 0 Å². The van der Waals surface area contributed by atoms with Gasteiger partial charge in [0, 0.05) is 6.20 Å². The Morgan fingerprint density at radius 3 is 3.00 bits per heavy atom. The van der Waals surface area contributed by atoms with Gasteiger partial charge in [0.15, 0.2) is 6.10 Å². The number of aromatic nitrogens is 1. The molecule has 4 nitrogen and oxygen atoms in total. The minimum atomic E-state index is -0.401. The fourth-order valence-electron chi connectivity index (χ4n) is 1.13. The molecule has 0 spiro atoms. The zero-order valence-electron chi connectivity index (χ0n) is 6.66. The van der Waals surface area contributed by atoms with Crippen molar-refractivity contribution in [1.29, 1.82) is 0 Å². The molecule has 2 rings (SSSR count). The molecule has 1 atom stereocenters. The van der Waals surface area contributed by atoms with Crippen LogP contribution < -0.4 is 5.32 Å². The number of rotatable bonds is 1. The van der Waals surface area contributed by atoms with Gasteiger partial charge in [-0.2, -0.15) is 0 Å². The summed E-state index contributed by atoms with van der Waals surface area (Å²) in [5, 5.41) is 3.12. The zero-order chi connectivity index (χ0) is 9.26. The number of cyclic esters (lactones) is 1. The molecule has 1 aromatic rings. The quantitative estimate of drug-likeness (QED) is 0.744. The zero-order valence-corrected chi connectivity index (χ0v) is 7.41. The summed E-state index contributed by atoms with van der Waals surface area (Å²) in [5.74, 6) is 0. The van der Waals surface area contributed by atoms with Crippen molar-refractivity contribution >= 4 is 17.7 Å². The molecule has 0 radical (unpaired) electrons. The minimum absolute atomic E-state index is 0.287. The number of carbonyl (C=O) groups excluding carboxylic acids is 1. The van der Waals surface area contributed by atoms with Crippen molar-refractivity contribution in [2.75, 3.05) is 6.54 Å². The highest BCUT2D eigenvalue weighted by atomic mass is 35.5. The van der Waals surface area contributed by atoms with Crippen LogP contribution in [0.1, 0.15) is 11.8 Å².